The zero-order chi connectivity index (χ0) is 13.3. The molecule has 1 aromatic rings. The summed E-state index contributed by atoms with van der Waals surface area (Å²) in [4.78, 5) is 0.0584. The van der Waals surface area contributed by atoms with E-state index in [1.807, 2.05) is 0 Å². The van der Waals surface area contributed by atoms with E-state index in [1.165, 1.54) is 18.2 Å². The maximum absolute atomic E-state index is 11.2. The summed E-state index contributed by atoms with van der Waals surface area (Å²) >= 11 is 0. The second-order valence-electron chi connectivity index (χ2n) is 5.21. The van der Waals surface area contributed by atoms with Crippen molar-refractivity contribution in [1.82, 2.24) is 0 Å². The molecule has 17 heavy (non-hydrogen) atoms. The Hall–Kier alpha value is -1.27. The lowest BCUT2D eigenvalue weighted by Crippen LogP contribution is -2.20. The fourth-order valence-electron chi connectivity index (χ4n) is 1.23. The van der Waals surface area contributed by atoms with Crippen molar-refractivity contribution in [3.05, 3.63) is 18.2 Å². The molecular weight excluding hydrogens is 238 g/mol. The van der Waals surface area contributed by atoms with Gasteiger partial charge in [-0.3, -0.25) is 0 Å². The van der Waals surface area contributed by atoms with Crippen molar-refractivity contribution in [3.63, 3.8) is 0 Å². The molecule has 0 spiro atoms. The molecule has 0 aliphatic rings. The van der Waals surface area contributed by atoms with Gasteiger partial charge in [0.1, 0.15) is 0 Å². The van der Waals surface area contributed by atoms with Crippen molar-refractivity contribution >= 4 is 21.4 Å². The fourth-order valence-corrected chi connectivity index (χ4v) is 1.77. The Morgan fingerprint density at radius 2 is 1.88 bits per heavy atom. The Labute approximate surface area is 102 Å². The lowest BCUT2D eigenvalue weighted by atomic mass is 9.97. The van der Waals surface area contributed by atoms with Crippen molar-refractivity contribution in [2.24, 2.45) is 10.6 Å². The number of benzene rings is 1. The van der Waals surface area contributed by atoms with E-state index in [0.717, 1.165) is 0 Å². The highest BCUT2D eigenvalue weighted by Gasteiger charge is 2.13. The molecule has 0 saturated carbocycles. The van der Waals surface area contributed by atoms with Gasteiger partial charge in [-0.2, -0.15) is 0 Å². The Morgan fingerprint density at radius 1 is 1.29 bits per heavy atom. The number of sulfonamides is 1. The summed E-state index contributed by atoms with van der Waals surface area (Å²) in [6, 6.07) is 4.38. The molecule has 0 amide bonds. The van der Waals surface area contributed by atoms with Crippen molar-refractivity contribution in [2.45, 2.75) is 25.7 Å². The zero-order valence-corrected chi connectivity index (χ0v) is 11.1. The number of hydrogen-bond acceptors (Lipinski definition) is 4. The molecule has 0 heterocycles. The molecule has 0 radical (unpaired) electrons. The van der Waals surface area contributed by atoms with Crippen LogP contribution in [0.1, 0.15) is 20.8 Å². The third-order valence-corrected chi connectivity index (χ3v) is 3.07. The lowest BCUT2D eigenvalue weighted by Gasteiger charge is -2.20. The summed E-state index contributed by atoms with van der Waals surface area (Å²) < 4.78 is 22.4. The van der Waals surface area contributed by atoms with Gasteiger partial charge in [0.25, 0.3) is 0 Å². The quantitative estimate of drug-likeness (QED) is 0.712. The first-order valence-corrected chi connectivity index (χ1v) is 6.80. The van der Waals surface area contributed by atoms with Crippen molar-refractivity contribution in [3.8, 4) is 0 Å². The van der Waals surface area contributed by atoms with Crippen LogP contribution in [0.2, 0.25) is 0 Å². The Morgan fingerprint density at radius 3 is 2.35 bits per heavy atom. The number of anilines is 2. The van der Waals surface area contributed by atoms with Crippen LogP contribution in [0.25, 0.3) is 0 Å². The van der Waals surface area contributed by atoms with E-state index in [-0.39, 0.29) is 10.3 Å². The van der Waals surface area contributed by atoms with Gasteiger partial charge >= 0.3 is 0 Å². The van der Waals surface area contributed by atoms with Crippen LogP contribution < -0.4 is 16.2 Å². The first-order chi connectivity index (χ1) is 7.59. The number of hydrogen-bond donors (Lipinski definition) is 3. The van der Waals surface area contributed by atoms with Gasteiger partial charge in [0, 0.05) is 6.54 Å². The molecule has 0 aliphatic carbocycles. The van der Waals surface area contributed by atoms with Gasteiger partial charge in [-0.05, 0) is 23.6 Å². The topological polar surface area (TPSA) is 98.2 Å². The van der Waals surface area contributed by atoms with Crippen molar-refractivity contribution < 1.29 is 8.42 Å². The Balaban J connectivity index is 3.00. The van der Waals surface area contributed by atoms with Gasteiger partial charge in [0.2, 0.25) is 10.0 Å². The number of nitrogens with two attached hydrogens (primary N) is 2. The Bertz CT molecular complexity index is 504. The van der Waals surface area contributed by atoms with Crippen LogP contribution in [-0.4, -0.2) is 15.0 Å². The molecule has 0 saturated heterocycles. The molecule has 1 aromatic carbocycles. The maximum atomic E-state index is 11.2. The first kappa shape index (κ1) is 13.8. The third-order valence-electron chi connectivity index (χ3n) is 2.16. The molecule has 5 N–H and O–H groups in total. The minimum absolute atomic E-state index is 0.0584. The summed E-state index contributed by atoms with van der Waals surface area (Å²) in [5.41, 5.74) is 6.93. The van der Waals surface area contributed by atoms with Crippen LogP contribution >= 0.6 is 0 Å². The summed E-state index contributed by atoms with van der Waals surface area (Å²) in [7, 11) is -3.69. The van der Waals surface area contributed by atoms with Gasteiger partial charge in [0.15, 0.2) is 0 Å². The Kier molecular flexibility index (Phi) is 3.68. The molecule has 0 bridgehead atoms. The summed E-state index contributed by atoms with van der Waals surface area (Å²) in [5.74, 6) is 0. The largest absolute Gasteiger partial charge is 0.397 e. The standard InChI is InChI=1S/C11H19N3O2S/c1-11(2,3)7-14-10-6-8(17(13,15)16)4-5-9(10)12/h4-6,14H,7,12H2,1-3H3,(H2,13,15,16). The van der Waals surface area contributed by atoms with E-state index in [2.05, 4.69) is 26.1 Å². The number of primary sulfonamides is 1. The van der Waals surface area contributed by atoms with Gasteiger partial charge in [0.05, 0.1) is 16.3 Å². The predicted octanol–water partition coefficient (Wildman–Crippen LogP) is 1.37. The molecule has 0 aliphatic heterocycles. The van der Waals surface area contributed by atoms with E-state index in [1.54, 1.807) is 0 Å². The molecule has 6 heteroatoms. The van der Waals surface area contributed by atoms with Gasteiger partial charge in [-0.15, -0.1) is 0 Å². The summed E-state index contributed by atoms with van der Waals surface area (Å²) in [6.45, 7) is 6.89. The van der Waals surface area contributed by atoms with E-state index in [0.29, 0.717) is 17.9 Å². The smallest absolute Gasteiger partial charge is 0.238 e. The second kappa shape index (κ2) is 4.54. The minimum atomic E-state index is -3.69. The molecule has 0 unspecified atom stereocenters. The van der Waals surface area contributed by atoms with Crippen LogP contribution in [0.3, 0.4) is 0 Å². The summed E-state index contributed by atoms with van der Waals surface area (Å²) in [6.07, 6.45) is 0. The van der Waals surface area contributed by atoms with Gasteiger partial charge in [-0.25, -0.2) is 13.6 Å². The molecule has 0 fully saturated rings. The molecule has 0 aromatic heterocycles. The molecule has 96 valence electrons. The van der Waals surface area contributed by atoms with E-state index in [4.69, 9.17) is 10.9 Å². The second-order valence-corrected chi connectivity index (χ2v) is 6.77. The van der Waals surface area contributed by atoms with E-state index in [9.17, 15) is 8.42 Å². The van der Waals surface area contributed by atoms with Crippen LogP contribution in [0.4, 0.5) is 11.4 Å². The van der Waals surface area contributed by atoms with E-state index < -0.39 is 10.0 Å². The van der Waals surface area contributed by atoms with Crippen molar-refractivity contribution in [2.75, 3.05) is 17.6 Å². The van der Waals surface area contributed by atoms with Gasteiger partial charge in [-0.1, -0.05) is 20.8 Å². The summed E-state index contributed by atoms with van der Waals surface area (Å²) in [5, 5.41) is 8.18. The van der Waals surface area contributed by atoms with Crippen LogP contribution in [0.15, 0.2) is 23.1 Å². The number of nitrogen functional groups attached to an aromatic ring is 1. The highest BCUT2D eigenvalue weighted by molar-refractivity contribution is 7.89. The van der Waals surface area contributed by atoms with E-state index >= 15 is 0 Å². The monoisotopic (exact) mass is 257 g/mol. The van der Waals surface area contributed by atoms with Gasteiger partial charge < -0.3 is 11.1 Å². The molecule has 0 atom stereocenters. The lowest BCUT2D eigenvalue weighted by molar-refractivity contribution is 0.443. The molecule has 5 nitrogen and oxygen atoms in total. The fraction of sp³-hybridized carbons (Fsp3) is 0.455. The van der Waals surface area contributed by atoms with Crippen molar-refractivity contribution in [1.29, 1.82) is 0 Å². The van der Waals surface area contributed by atoms with Crippen LogP contribution in [0.5, 0.6) is 0 Å². The maximum Gasteiger partial charge on any atom is 0.238 e. The highest BCUT2D eigenvalue weighted by atomic mass is 32.2. The minimum Gasteiger partial charge on any atom is -0.397 e. The normalized spacial score (nSPS) is 12.5. The molecular formula is C11H19N3O2S. The third kappa shape index (κ3) is 4.24. The SMILES string of the molecule is CC(C)(C)CNc1cc(S(N)(=O)=O)ccc1N. The van der Waals surface area contributed by atoms with Crippen LogP contribution in [0, 0.1) is 5.41 Å². The average Bonchev–Trinajstić information content (AvgIpc) is 2.13. The molecule has 1 rings (SSSR count). The predicted molar refractivity (Wildman–Crippen MR) is 70.2 cm³/mol. The average molecular weight is 257 g/mol. The number of nitrogens with one attached hydrogen (secondary N) is 1. The van der Waals surface area contributed by atoms with Crippen LogP contribution in [-0.2, 0) is 10.0 Å². The number of rotatable bonds is 3. The highest BCUT2D eigenvalue weighted by Crippen LogP contribution is 2.24. The first-order valence-electron chi connectivity index (χ1n) is 5.26. The zero-order valence-electron chi connectivity index (χ0n) is 10.3.